The average Bonchev–Trinajstić information content (AvgIpc) is 2.38. The highest BCUT2D eigenvalue weighted by Crippen LogP contribution is 2.12. The van der Waals surface area contributed by atoms with Gasteiger partial charge >= 0.3 is 0 Å². The molecule has 0 unspecified atom stereocenters. The molecule has 0 saturated carbocycles. The molecular formula is C15H14N2S. The van der Waals surface area contributed by atoms with E-state index in [4.69, 9.17) is 18.0 Å². The van der Waals surface area contributed by atoms with Crippen LogP contribution in [-0.2, 0) is 0 Å². The first-order chi connectivity index (χ1) is 8.65. The molecule has 2 N–H and O–H groups in total. The van der Waals surface area contributed by atoms with E-state index in [2.05, 4.69) is 11.9 Å². The summed E-state index contributed by atoms with van der Waals surface area (Å²) in [5, 5.41) is 0. The van der Waals surface area contributed by atoms with Crippen molar-refractivity contribution in [3.05, 3.63) is 65.2 Å². The zero-order valence-electron chi connectivity index (χ0n) is 10.1. The predicted molar refractivity (Wildman–Crippen MR) is 80.8 cm³/mol. The third-order valence-electron chi connectivity index (χ3n) is 2.59. The van der Waals surface area contributed by atoms with Crippen molar-refractivity contribution in [3.8, 4) is 0 Å². The minimum Gasteiger partial charge on any atom is -0.389 e. The number of aliphatic imine (C=N–C) groups is 1. The fourth-order valence-electron chi connectivity index (χ4n) is 1.51. The van der Waals surface area contributed by atoms with Gasteiger partial charge in [-0.15, -0.1) is 0 Å². The monoisotopic (exact) mass is 254 g/mol. The van der Waals surface area contributed by atoms with Crippen molar-refractivity contribution in [1.82, 2.24) is 0 Å². The second kappa shape index (κ2) is 5.56. The van der Waals surface area contributed by atoms with Gasteiger partial charge in [0.1, 0.15) is 4.99 Å². The van der Waals surface area contributed by atoms with Crippen LogP contribution in [0.25, 0.3) is 0 Å². The molecule has 0 radical (unpaired) electrons. The molecule has 0 aliphatic heterocycles. The summed E-state index contributed by atoms with van der Waals surface area (Å²) in [4.78, 5) is 4.82. The molecule has 0 bridgehead atoms. The highest BCUT2D eigenvalue weighted by molar-refractivity contribution is 7.80. The van der Waals surface area contributed by atoms with Gasteiger partial charge in [-0.2, -0.15) is 0 Å². The quantitative estimate of drug-likeness (QED) is 0.673. The number of hydrogen-bond donors (Lipinski definition) is 1. The summed E-state index contributed by atoms with van der Waals surface area (Å²) in [7, 11) is 0. The number of nitrogens with two attached hydrogens (primary N) is 1. The lowest BCUT2D eigenvalue weighted by Gasteiger charge is -1.98. The minimum atomic E-state index is 0.414. The Hall–Kier alpha value is -2.00. The largest absolute Gasteiger partial charge is 0.389 e. The van der Waals surface area contributed by atoms with Gasteiger partial charge in [0.25, 0.3) is 0 Å². The van der Waals surface area contributed by atoms with E-state index in [0.29, 0.717) is 4.99 Å². The molecule has 0 spiro atoms. The van der Waals surface area contributed by atoms with E-state index >= 15 is 0 Å². The van der Waals surface area contributed by atoms with Crippen LogP contribution >= 0.6 is 12.2 Å². The second-order valence-electron chi connectivity index (χ2n) is 4.08. The van der Waals surface area contributed by atoms with E-state index in [-0.39, 0.29) is 0 Å². The van der Waals surface area contributed by atoms with Gasteiger partial charge in [-0.25, -0.2) is 0 Å². The first-order valence-electron chi connectivity index (χ1n) is 5.66. The van der Waals surface area contributed by atoms with Gasteiger partial charge in [0.15, 0.2) is 0 Å². The zero-order valence-corrected chi connectivity index (χ0v) is 10.9. The van der Waals surface area contributed by atoms with Crippen LogP contribution in [0.4, 0.5) is 5.69 Å². The number of thiocarbonyl (C=S) groups is 1. The van der Waals surface area contributed by atoms with E-state index in [1.807, 2.05) is 54.7 Å². The van der Waals surface area contributed by atoms with Gasteiger partial charge < -0.3 is 5.73 Å². The predicted octanol–water partition coefficient (Wildman–Crippen LogP) is 3.38. The number of benzene rings is 2. The third-order valence-corrected chi connectivity index (χ3v) is 2.83. The van der Waals surface area contributed by atoms with E-state index in [1.54, 1.807) is 0 Å². The molecule has 2 aromatic rings. The van der Waals surface area contributed by atoms with Crippen LogP contribution in [0.2, 0.25) is 0 Å². The molecule has 0 amide bonds. The maximum atomic E-state index is 5.54. The van der Waals surface area contributed by atoms with Crippen molar-refractivity contribution in [2.75, 3.05) is 0 Å². The Labute approximate surface area is 112 Å². The SMILES string of the molecule is Cc1ccc(N=Cc2ccc(C(N)=S)cc2)cc1. The number of aryl methyl sites for hydroxylation is 1. The zero-order chi connectivity index (χ0) is 13.0. The second-order valence-corrected chi connectivity index (χ2v) is 4.52. The molecule has 0 atom stereocenters. The molecule has 2 nitrogen and oxygen atoms in total. The molecule has 0 fully saturated rings. The van der Waals surface area contributed by atoms with Crippen LogP contribution in [-0.4, -0.2) is 11.2 Å². The van der Waals surface area contributed by atoms with Crippen LogP contribution < -0.4 is 5.73 Å². The number of rotatable bonds is 3. The molecule has 2 aromatic carbocycles. The molecule has 0 aromatic heterocycles. The van der Waals surface area contributed by atoms with Crippen molar-refractivity contribution >= 4 is 29.1 Å². The summed E-state index contributed by atoms with van der Waals surface area (Å²) < 4.78 is 0. The van der Waals surface area contributed by atoms with Gasteiger partial charge in [0.2, 0.25) is 0 Å². The molecule has 2 rings (SSSR count). The lowest BCUT2D eigenvalue weighted by atomic mass is 10.1. The van der Waals surface area contributed by atoms with Crippen molar-refractivity contribution in [1.29, 1.82) is 0 Å². The molecule has 18 heavy (non-hydrogen) atoms. The topological polar surface area (TPSA) is 38.4 Å². The van der Waals surface area contributed by atoms with Gasteiger partial charge in [-0.3, -0.25) is 4.99 Å². The number of hydrogen-bond acceptors (Lipinski definition) is 2. The summed E-state index contributed by atoms with van der Waals surface area (Å²) in [6, 6.07) is 15.8. The van der Waals surface area contributed by atoms with Crippen LogP contribution in [0.3, 0.4) is 0 Å². The first-order valence-corrected chi connectivity index (χ1v) is 6.06. The Morgan fingerprint density at radius 3 is 2.22 bits per heavy atom. The molecular weight excluding hydrogens is 240 g/mol. The summed E-state index contributed by atoms with van der Waals surface area (Å²) >= 11 is 4.90. The van der Waals surface area contributed by atoms with Crippen LogP contribution in [0, 0.1) is 6.92 Å². The highest BCUT2D eigenvalue weighted by atomic mass is 32.1. The maximum Gasteiger partial charge on any atom is 0.103 e. The summed E-state index contributed by atoms with van der Waals surface area (Å²) in [5.41, 5.74) is 9.61. The lowest BCUT2D eigenvalue weighted by molar-refractivity contribution is 1.44. The molecule has 90 valence electrons. The summed E-state index contributed by atoms with van der Waals surface area (Å²) in [6.45, 7) is 2.06. The molecule has 0 heterocycles. The van der Waals surface area contributed by atoms with Gasteiger partial charge in [0.05, 0.1) is 5.69 Å². The smallest absolute Gasteiger partial charge is 0.103 e. The molecule has 0 saturated heterocycles. The Balaban J connectivity index is 2.13. The summed E-state index contributed by atoms with van der Waals surface area (Å²) in [6.07, 6.45) is 1.83. The van der Waals surface area contributed by atoms with E-state index in [0.717, 1.165) is 16.8 Å². The fourth-order valence-corrected chi connectivity index (χ4v) is 1.65. The van der Waals surface area contributed by atoms with Crippen molar-refractivity contribution in [2.24, 2.45) is 10.7 Å². The highest BCUT2D eigenvalue weighted by Gasteiger charge is 1.95. The van der Waals surface area contributed by atoms with E-state index in [1.165, 1.54) is 5.56 Å². The molecule has 0 aliphatic carbocycles. The first kappa shape index (κ1) is 12.5. The maximum absolute atomic E-state index is 5.54. The minimum absolute atomic E-state index is 0.414. The lowest BCUT2D eigenvalue weighted by Crippen LogP contribution is -2.08. The van der Waals surface area contributed by atoms with Crippen molar-refractivity contribution < 1.29 is 0 Å². The van der Waals surface area contributed by atoms with Gasteiger partial charge in [-0.05, 0) is 24.6 Å². The Bertz CT molecular complexity index is 568. The van der Waals surface area contributed by atoms with Crippen molar-refractivity contribution in [3.63, 3.8) is 0 Å². The molecule has 0 aliphatic rings. The van der Waals surface area contributed by atoms with Crippen molar-refractivity contribution in [2.45, 2.75) is 6.92 Å². The Kier molecular flexibility index (Phi) is 3.85. The normalized spacial score (nSPS) is 10.7. The van der Waals surface area contributed by atoms with Crippen LogP contribution in [0.1, 0.15) is 16.7 Å². The Morgan fingerprint density at radius 2 is 1.67 bits per heavy atom. The van der Waals surface area contributed by atoms with E-state index < -0.39 is 0 Å². The number of nitrogens with zero attached hydrogens (tertiary/aromatic N) is 1. The van der Waals surface area contributed by atoms with Crippen LogP contribution in [0.5, 0.6) is 0 Å². The van der Waals surface area contributed by atoms with Gasteiger partial charge in [-0.1, -0.05) is 54.2 Å². The van der Waals surface area contributed by atoms with Gasteiger partial charge in [0, 0.05) is 11.8 Å². The Morgan fingerprint density at radius 1 is 1.06 bits per heavy atom. The molecule has 3 heteroatoms. The van der Waals surface area contributed by atoms with Crippen LogP contribution in [0.15, 0.2) is 53.5 Å². The average molecular weight is 254 g/mol. The fraction of sp³-hybridized carbons (Fsp3) is 0.0667. The van der Waals surface area contributed by atoms with E-state index in [9.17, 15) is 0 Å². The summed E-state index contributed by atoms with van der Waals surface area (Å²) in [5.74, 6) is 0. The third kappa shape index (κ3) is 3.25. The standard InChI is InChI=1S/C15H14N2S/c1-11-2-8-14(9-3-11)17-10-12-4-6-13(7-5-12)15(16)18/h2-10H,1H3,(H2,16,18).